The zero-order valence-electron chi connectivity index (χ0n) is 11.2. The Kier molecular flexibility index (Phi) is 4.04. The van der Waals surface area contributed by atoms with Crippen LogP contribution in [0, 0.1) is 5.41 Å². The molecule has 1 aromatic carbocycles. The number of likely N-dealkylation sites (tertiary alicyclic amines) is 1. The molecule has 1 unspecified atom stereocenters. The summed E-state index contributed by atoms with van der Waals surface area (Å²) in [6, 6.07) is 5.09. The number of anilines is 1. The molecule has 1 saturated heterocycles. The first kappa shape index (κ1) is 14.8. The van der Waals surface area contributed by atoms with Gasteiger partial charge in [-0.25, -0.2) is 0 Å². The lowest BCUT2D eigenvalue weighted by Gasteiger charge is -2.23. The second kappa shape index (κ2) is 5.44. The number of benzene rings is 1. The van der Waals surface area contributed by atoms with Gasteiger partial charge in [0.05, 0.1) is 11.0 Å². The summed E-state index contributed by atoms with van der Waals surface area (Å²) in [5, 5.41) is 9.36. The summed E-state index contributed by atoms with van der Waals surface area (Å²) in [6.45, 7) is 2.54. The van der Waals surface area contributed by atoms with Gasteiger partial charge in [0, 0.05) is 23.2 Å². The van der Waals surface area contributed by atoms with Crippen molar-refractivity contribution in [2.24, 2.45) is 5.41 Å². The van der Waals surface area contributed by atoms with Crippen molar-refractivity contribution in [3.8, 4) is 0 Å². The van der Waals surface area contributed by atoms with Crippen LogP contribution in [0.1, 0.15) is 30.1 Å². The lowest BCUT2D eigenvalue weighted by atomic mass is 9.84. The van der Waals surface area contributed by atoms with Crippen molar-refractivity contribution in [1.29, 1.82) is 0 Å². The number of hydrogen-bond donors (Lipinski definition) is 2. The number of nitrogen functional groups attached to an aromatic ring is 1. The predicted octanol–water partition coefficient (Wildman–Crippen LogP) is 2.36. The Balaban J connectivity index is 2.21. The summed E-state index contributed by atoms with van der Waals surface area (Å²) >= 11 is 3.29. The fraction of sp³-hybridized carbons (Fsp3) is 0.429. The lowest BCUT2D eigenvalue weighted by Crippen LogP contribution is -2.36. The molecule has 0 spiro atoms. The number of nitrogens with two attached hydrogens (primary N) is 1. The van der Waals surface area contributed by atoms with Gasteiger partial charge in [-0.3, -0.25) is 9.59 Å². The molecular formula is C14H17BrN2O3. The van der Waals surface area contributed by atoms with Gasteiger partial charge >= 0.3 is 5.97 Å². The zero-order chi connectivity index (χ0) is 14.9. The molecule has 0 saturated carbocycles. The molecule has 2 rings (SSSR count). The monoisotopic (exact) mass is 340 g/mol. The fourth-order valence-corrected chi connectivity index (χ4v) is 2.94. The second-order valence-electron chi connectivity index (χ2n) is 5.15. The van der Waals surface area contributed by atoms with Gasteiger partial charge in [-0.15, -0.1) is 0 Å². The van der Waals surface area contributed by atoms with E-state index < -0.39 is 11.4 Å². The molecule has 0 aliphatic carbocycles. The summed E-state index contributed by atoms with van der Waals surface area (Å²) in [5.41, 5.74) is 5.86. The first-order valence-corrected chi connectivity index (χ1v) is 7.26. The molecule has 0 radical (unpaired) electrons. The maximum atomic E-state index is 12.4. The smallest absolute Gasteiger partial charge is 0.311 e. The third-order valence-corrected chi connectivity index (χ3v) is 4.51. The van der Waals surface area contributed by atoms with E-state index in [4.69, 9.17) is 5.73 Å². The first-order valence-electron chi connectivity index (χ1n) is 6.47. The molecule has 1 heterocycles. The van der Waals surface area contributed by atoms with Crippen LogP contribution in [0.15, 0.2) is 22.7 Å². The van der Waals surface area contributed by atoms with Crippen LogP contribution in [0.4, 0.5) is 5.69 Å². The third kappa shape index (κ3) is 2.52. The van der Waals surface area contributed by atoms with Crippen molar-refractivity contribution in [2.75, 3.05) is 18.8 Å². The van der Waals surface area contributed by atoms with E-state index in [-0.39, 0.29) is 12.5 Å². The van der Waals surface area contributed by atoms with Gasteiger partial charge in [0.2, 0.25) is 0 Å². The Labute approximate surface area is 125 Å². The van der Waals surface area contributed by atoms with E-state index >= 15 is 0 Å². The highest BCUT2D eigenvalue weighted by Gasteiger charge is 2.45. The molecule has 1 aromatic rings. The molecule has 1 fully saturated rings. The van der Waals surface area contributed by atoms with Gasteiger partial charge in [0.1, 0.15) is 0 Å². The first-order chi connectivity index (χ1) is 9.39. The van der Waals surface area contributed by atoms with Gasteiger partial charge in [-0.1, -0.05) is 22.9 Å². The van der Waals surface area contributed by atoms with Gasteiger partial charge in [0.15, 0.2) is 0 Å². The normalized spacial score (nSPS) is 22.0. The number of carbonyl (C=O) groups is 2. The van der Waals surface area contributed by atoms with Crippen LogP contribution in [0.25, 0.3) is 0 Å². The molecule has 108 valence electrons. The number of aliphatic carboxylic acids is 1. The Bertz CT molecular complexity index is 561. The number of hydrogen-bond acceptors (Lipinski definition) is 3. The van der Waals surface area contributed by atoms with Crippen LogP contribution >= 0.6 is 15.9 Å². The molecular weight excluding hydrogens is 324 g/mol. The minimum absolute atomic E-state index is 0.202. The van der Waals surface area contributed by atoms with E-state index in [2.05, 4.69) is 15.9 Å². The number of halogens is 1. The molecule has 6 heteroatoms. The van der Waals surface area contributed by atoms with Gasteiger partial charge in [-0.05, 0) is 31.0 Å². The van der Waals surface area contributed by atoms with Crippen LogP contribution in [0.3, 0.4) is 0 Å². The second-order valence-corrected chi connectivity index (χ2v) is 6.06. The van der Waals surface area contributed by atoms with Gasteiger partial charge in [0.25, 0.3) is 5.91 Å². The van der Waals surface area contributed by atoms with E-state index in [1.54, 1.807) is 23.1 Å². The number of amides is 1. The molecule has 20 heavy (non-hydrogen) atoms. The fourth-order valence-electron chi connectivity index (χ4n) is 2.56. The maximum Gasteiger partial charge on any atom is 0.311 e. The van der Waals surface area contributed by atoms with E-state index in [1.165, 1.54) is 0 Å². The number of carbonyl (C=O) groups excluding carboxylic acids is 1. The van der Waals surface area contributed by atoms with E-state index in [0.717, 1.165) is 4.47 Å². The standard InChI is InChI=1S/C14H17BrN2O3/c1-2-14(13(19)20)5-6-17(8-14)12(18)10-4-3-9(15)7-11(10)16/h3-4,7H,2,5-6,8,16H2,1H3,(H,19,20). The molecule has 1 aliphatic rings. The van der Waals surface area contributed by atoms with Crippen LogP contribution in [0.2, 0.25) is 0 Å². The Morgan fingerprint density at radius 3 is 2.70 bits per heavy atom. The van der Waals surface area contributed by atoms with Crippen molar-refractivity contribution < 1.29 is 14.7 Å². The lowest BCUT2D eigenvalue weighted by molar-refractivity contribution is -0.148. The number of rotatable bonds is 3. The summed E-state index contributed by atoms with van der Waals surface area (Å²) in [4.78, 5) is 25.4. The van der Waals surface area contributed by atoms with Gasteiger partial charge in [-0.2, -0.15) is 0 Å². The van der Waals surface area contributed by atoms with Crippen molar-refractivity contribution in [3.05, 3.63) is 28.2 Å². The van der Waals surface area contributed by atoms with Crippen molar-refractivity contribution in [1.82, 2.24) is 4.90 Å². The van der Waals surface area contributed by atoms with Crippen LogP contribution < -0.4 is 5.73 Å². The molecule has 0 bridgehead atoms. The Morgan fingerprint density at radius 1 is 1.50 bits per heavy atom. The predicted molar refractivity (Wildman–Crippen MR) is 79.4 cm³/mol. The average molecular weight is 341 g/mol. The van der Waals surface area contributed by atoms with Gasteiger partial charge < -0.3 is 15.7 Å². The number of nitrogens with zero attached hydrogens (tertiary/aromatic N) is 1. The third-order valence-electron chi connectivity index (χ3n) is 4.02. The number of carboxylic acids is 1. The van der Waals surface area contributed by atoms with Crippen molar-refractivity contribution in [3.63, 3.8) is 0 Å². The van der Waals surface area contributed by atoms with Crippen LogP contribution in [0.5, 0.6) is 0 Å². The molecule has 1 amide bonds. The highest BCUT2D eigenvalue weighted by atomic mass is 79.9. The molecule has 1 aliphatic heterocycles. The van der Waals surface area contributed by atoms with E-state index in [0.29, 0.717) is 30.6 Å². The topological polar surface area (TPSA) is 83.6 Å². The van der Waals surface area contributed by atoms with E-state index in [9.17, 15) is 14.7 Å². The SMILES string of the molecule is CCC1(C(=O)O)CCN(C(=O)c2ccc(Br)cc2N)C1. The summed E-state index contributed by atoms with van der Waals surface area (Å²) in [5.74, 6) is -1.04. The van der Waals surface area contributed by atoms with Crippen molar-refractivity contribution >= 4 is 33.5 Å². The number of carboxylic acid groups (broad SMARTS) is 1. The average Bonchev–Trinajstić information content (AvgIpc) is 2.83. The molecule has 1 atom stereocenters. The highest BCUT2D eigenvalue weighted by Crippen LogP contribution is 2.35. The zero-order valence-corrected chi connectivity index (χ0v) is 12.8. The molecule has 3 N–H and O–H groups in total. The quantitative estimate of drug-likeness (QED) is 0.827. The highest BCUT2D eigenvalue weighted by molar-refractivity contribution is 9.10. The Morgan fingerprint density at radius 2 is 2.20 bits per heavy atom. The summed E-state index contributed by atoms with van der Waals surface area (Å²) < 4.78 is 0.807. The minimum Gasteiger partial charge on any atom is -0.481 e. The van der Waals surface area contributed by atoms with Crippen LogP contribution in [-0.4, -0.2) is 35.0 Å². The Hall–Kier alpha value is -1.56. The minimum atomic E-state index is -0.834. The summed E-state index contributed by atoms with van der Waals surface area (Å²) in [6.07, 6.45) is 1.00. The molecule has 0 aromatic heterocycles. The van der Waals surface area contributed by atoms with Crippen LogP contribution in [-0.2, 0) is 4.79 Å². The maximum absolute atomic E-state index is 12.4. The van der Waals surface area contributed by atoms with Crippen molar-refractivity contribution in [2.45, 2.75) is 19.8 Å². The summed E-state index contributed by atoms with van der Waals surface area (Å²) in [7, 11) is 0. The largest absolute Gasteiger partial charge is 0.481 e. The van der Waals surface area contributed by atoms with E-state index in [1.807, 2.05) is 6.92 Å². The molecule has 5 nitrogen and oxygen atoms in total.